The molecule has 32 heavy (non-hydrogen) atoms. The normalized spacial score (nSPS) is 17.2. The third-order valence-electron chi connectivity index (χ3n) is 6.09. The number of para-hydroxylation sites is 1. The number of hydrogen-bond donors (Lipinski definition) is 0. The van der Waals surface area contributed by atoms with Crippen LogP contribution in [0.2, 0.25) is 0 Å². The van der Waals surface area contributed by atoms with Gasteiger partial charge in [0, 0.05) is 38.3 Å². The third-order valence-corrected chi connectivity index (χ3v) is 6.09. The van der Waals surface area contributed by atoms with Crippen LogP contribution >= 0.6 is 0 Å². The summed E-state index contributed by atoms with van der Waals surface area (Å²) in [6.07, 6.45) is 0. The fourth-order valence-corrected chi connectivity index (χ4v) is 4.70. The van der Waals surface area contributed by atoms with Gasteiger partial charge in [0.05, 0.1) is 19.2 Å². The van der Waals surface area contributed by atoms with E-state index in [0.717, 1.165) is 11.1 Å². The standard InChI is InChI=1S/C24H24F2N4O2/c1-32-20-10-6-5-9-18(20)14-29-11-12-30-21-19(22(31)27-23(29)30)15-28(16-24(21,25)26)13-17-7-3-2-4-8-17/h2-10H,11-16H2,1H3. The molecule has 2 aromatic carbocycles. The van der Waals surface area contributed by atoms with Crippen molar-refractivity contribution in [1.82, 2.24) is 14.5 Å². The summed E-state index contributed by atoms with van der Waals surface area (Å²) in [4.78, 5) is 20.6. The van der Waals surface area contributed by atoms with Crippen LogP contribution in [-0.2, 0) is 32.1 Å². The average molecular weight is 438 g/mol. The van der Waals surface area contributed by atoms with Crippen molar-refractivity contribution >= 4 is 5.95 Å². The second kappa shape index (κ2) is 8.02. The van der Waals surface area contributed by atoms with Gasteiger partial charge in [0.25, 0.3) is 5.56 Å². The number of rotatable bonds is 5. The van der Waals surface area contributed by atoms with Gasteiger partial charge in [0.2, 0.25) is 5.95 Å². The Balaban J connectivity index is 1.48. The zero-order chi connectivity index (χ0) is 22.3. The van der Waals surface area contributed by atoms with Gasteiger partial charge in [-0.15, -0.1) is 0 Å². The van der Waals surface area contributed by atoms with Crippen LogP contribution in [0.15, 0.2) is 59.4 Å². The van der Waals surface area contributed by atoms with Crippen LogP contribution in [0.5, 0.6) is 5.75 Å². The molecule has 0 atom stereocenters. The first-order valence-electron chi connectivity index (χ1n) is 10.6. The summed E-state index contributed by atoms with van der Waals surface area (Å²) in [7, 11) is 1.59. The number of anilines is 1. The van der Waals surface area contributed by atoms with E-state index in [9.17, 15) is 4.79 Å². The van der Waals surface area contributed by atoms with E-state index in [1.807, 2.05) is 59.5 Å². The van der Waals surface area contributed by atoms with Crippen LogP contribution in [0, 0.1) is 0 Å². The molecule has 0 fully saturated rings. The Morgan fingerprint density at radius 3 is 2.56 bits per heavy atom. The lowest BCUT2D eigenvalue weighted by Gasteiger charge is -2.35. The molecule has 0 radical (unpaired) electrons. The fraction of sp³-hybridized carbons (Fsp3) is 0.333. The minimum Gasteiger partial charge on any atom is -0.496 e. The minimum atomic E-state index is -3.14. The first-order chi connectivity index (χ1) is 15.5. The Morgan fingerprint density at radius 1 is 1.03 bits per heavy atom. The molecule has 5 rings (SSSR count). The van der Waals surface area contributed by atoms with Crippen LogP contribution in [0.1, 0.15) is 22.4 Å². The van der Waals surface area contributed by atoms with E-state index in [-0.39, 0.29) is 17.8 Å². The van der Waals surface area contributed by atoms with Gasteiger partial charge >= 0.3 is 5.92 Å². The van der Waals surface area contributed by atoms with Crippen molar-refractivity contribution < 1.29 is 13.5 Å². The molecule has 8 heteroatoms. The van der Waals surface area contributed by atoms with E-state index in [4.69, 9.17) is 4.74 Å². The number of methoxy groups -OCH3 is 1. The molecule has 3 aromatic rings. The highest BCUT2D eigenvalue weighted by Crippen LogP contribution is 2.39. The van der Waals surface area contributed by atoms with E-state index in [0.29, 0.717) is 37.9 Å². The monoisotopic (exact) mass is 438 g/mol. The predicted octanol–water partition coefficient (Wildman–Crippen LogP) is 3.38. The van der Waals surface area contributed by atoms with Crippen LogP contribution in [0.3, 0.4) is 0 Å². The first kappa shape index (κ1) is 20.6. The van der Waals surface area contributed by atoms with Crippen molar-refractivity contribution in [3.63, 3.8) is 0 Å². The zero-order valence-electron chi connectivity index (χ0n) is 17.8. The fourth-order valence-electron chi connectivity index (χ4n) is 4.70. The Labute approximate surface area is 184 Å². The van der Waals surface area contributed by atoms with E-state index in [1.165, 1.54) is 4.57 Å². The molecule has 0 spiro atoms. The van der Waals surface area contributed by atoms with Crippen molar-refractivity contribution in [1.29, 1.82) is 0 Å². The van der Waals surface area contributed by atoms with Gasteiger partial charge in [-0.05, 0) is 11.6 Å². The highest BCUT2D eigenvalue weighted by Gasteiger charge is 2.46. The number of nitrogens with zero attached hydrogens (tertiary/aromatic N) is 4. The first-order valence-corrected chi connectivity index (χ1v) is 10.6. The van der Waals surface area contributed by atoms with Gasteiger partial charge in [0.1, 0.15) is 11.4 Å². The predicted molar refractivity (Wildman–Crippen MR) is 117 cm³/mol. The number of aromatic nitrogens is 2. The lowest BCUT2D eigenvalue weighted by atomic mass is 10.0. The summed E-state index contributed by atoms with van der Waals surface area (Å²) >= 11 is 0. The number of ether oxygens (including phenoxy) is 1. The van der Waals surface area contributed by atoms with Gasteiger partial charge in [-0.2, -0.15) is 13.8 Å². The van der Waals surface area contributed by atoms with Crippen molar-refractivity contribution in [3.8, 4) is 5.75 Å². The molecule has 0 N–H and O–H groups in total. The summed E-state index contributed by atoms with van der Waals surface area (Å²) in [5.74, 6) is -2.12. The molecule has 0 bridgehead atoms. The van der Waals surface area contributed by atoms with Crippen molar-refractivity contribution in [2.75, 3.05) is 25.1 Å². The Kier molecular flexibility index (Phi) is 5.17. The maximum Gasteiger partial charge on any atom is 0.300 e. The van der Waals surface area contributed by atoms with Gasteiger partial charge in [-0.1, -0.05) is 48.5 Å². The number of alkyl halides is 2. The molecule has 6 nitrogen and oxygen atoms in total. The Bertz CT molecular complexity index is 1200. The lowest BCUT2D eigenvalue weighted by Crippen LogP contribution is -2.45. The summed E-state index contributed by atoms with van der Waals surface area (Å²) in [6, 6.07) is 17.0. The summed E-state index contributed by atoms with van der Waals surface area (Å²) in [5, 5.41) is 0. The second-order valence-corrected chi connectivity index (χ2v) is 8.26. The lowest BCUT2D eigenvalue weighted by molar-refractivity contribution is -0.0621. The average Bonchev–Trinajstić information content (AvgIpc) is 3.16. The maximum atomic E-state index is 15.4. The van der Waals surface area contributed by atoms with Gasteiger partial charge in [-0.3, -0.25) is 9.69 Å². The Morgan fingerprint density at radius 2 is 1.78 bits per heavy atom. The van der Waals surface area contributed by atoms with Gasteiger partial charge in [0.15, 0.2) is 0 Å². The molecular formula is C24H24F2N4O2. The Hall–Kier alpha value is -3.26. The quantitative estimate of drug-likeness (QED) is 0.611. The van der Waals surface area contributed by atoms with Crippen LogP contribution in [0.4, 0.5) is 14.7 Å². The SMILES string of the molecule is COc1ccccc1CN1CCn2c1nc(=O)c1c2C(F)(F)CN(Cc2ccccc2)C1. The van der Waals surface area contributed by atoms with Gasteiger partial charge in [-0.25, -0.2) is 0 Å². The molecule has 0 saturated carbocycles. The topological polar surface area (TPSA) is 50.6 Å². The van der Waals surface area contributed by atoms with Crippen molar-refractivity contribution in [2.45, 2.75) is 32.1 Å². The van der Waals surface area contributed by atoms with Gasteiger partial charge < -0.3 is 14.2 Å². The molecule has 2 aliphatic heterocycles. The number of hydrogen-bond acceptors (Lipinski definition) is 5. The molecule has 0 unspecified atom stereocenters. The molecule has 0 aliphatic carbocycles. The maximum absolute atomic E-state index is 15.4. The number of benzene rings is 2. The molecule has 0 amide bonds. The minimum absolute atomic E-state index is 0.0973. The van der Waals surface area contributed by atoms with E-state index < -0.39 is 18.0 Å². The molecule has 1 aromatic heterocycles. The van der Waals surface area contributed by atoms with Crippen LogP contribution < -0.4 is 15.2 Å². The van der Waals surface area contributed by atoms with Crippen molar-refractivity contribution in [2.24, 2.45) is 0 Å². The van der Waals surface area contributed by atoms with Crippen molar-refractivity contribution in [3.05, 3.63) is 87.3 Å². The zero-order valence-corrected chi connectivity index (χ0v) is 17.8. The largest absolute Gasteiger partial charge is 0.496 e. The second-order valence-electron chi connectivity index (χ2n) is 8.26. The van der Waals surface area contributed by atoms with E-state index >= 15 is 8.78 Å². The summed E-state index contributed by atoms with van der Waals surface area (Å²) in [6.45, 7) is 1.40. The van der Waals surface area contributed by atoms with E-state index in [1.54, 1.807) is 12.0 Å². The van der Waals surface area contributed by atoms with E-state index in [2.05, 4.69) is 4.98 Å². The smallest absolute Gasteiger partial charge is 0.300 e. The molecule has 2 aliphatic rings. The van der Waals surface area contributed by atoms with Crippen LogP contribution in [-0.4, -0.2) is 34.7 Å². The summed E-state index contributed by atoms with van der Waals surface area (Å²) in [5.41, 5.74) is 1.19. The molecule has 166 valence electrons. The number of fused-ring (bicyclic) bond motifs is 3. The highest BCUT2D eigenvalue weighted by atomic mass is 19.3. The van der Waals surface area contributed by atoms with Crippen LogP contribution in [0.25, 0.3) is 0 Å². The molecule has 0 saturated heterocycles. The molecule has 3 heterocycles. The summed E-state index contributed by atoms with van der Waals surface area (Å²) < 4.78 is 37.7. The molecular weight excluding hydrogens is 414 g/mol. The number of halogens is 2. The highest BCUT2D eigenvalue weighted by molar-refractivity contribution is 5.44. The third kappa shape index (κ3) is 3.64.